The van der Waals surface area contributed by atoms with Crippen LogP contribution in [0.3, 0.4) is 0 Å². The van der Waals surface area contributed by atoms with Gasteiger partial charge in [0.2, 0.25) is 0 Å². The zero-order chi connectivity index (χ0) is 16.3. The number of nitrogens with zero attached hydrogens (tertiary/aromatic N) is 1. The first-order chi connectivity index (χ1) is 11.4. The Kier molecular flexibility index (Phi) is 9.60. The SMILES string of the molecule is C=CC#N.[Pd].c1ccc(P(c2ccccc2)c2ccccc2)cc1. The largest absolute Gasteiger partial charge is 0.193 e. The third kappa shape index (κ3) is 5.88. The van der Waals surface area contributed by atoms with E-state index in [1.807, 2.05) is 0 Å². The molecule has 0 aliphatic carbocycles. The summed E-state index contributed by atoms with van der Waals surface area (Å²) >= 11 is 0. The van der Waals surface area contributed by atoms with Crippen LogP contribution < -0.4 is 15.9 Å². The van der Waals surface area contributed by atoms with Gasteiger partial charge in [0.15, 0.2) is 0 Å². The maximum Gasteiger partial charge on any atom is 0.0905 e. The molecule has 0 aromatic heterocycles. The van der Waals surface area contributed by atoms with Crippen molar-refractivity contribution in [1.82, 2.24) is 0 Å². The summed E-state index contributed by atoms with van der Waals surface area (Å²) in [5.74, 6) is 0. The minimum Gasteiger partial charge on any atom is -0.193 e. The molecule has 0 amide bonds. The fourth-order valence-electron chi connectivity index (χ4n) is 2.18. The van der Waals surface area contributed by atoms with Gasteiger partial charge >= 0.3 is 0 Å². The van der Waals surface area contributed by atoms with Crippen LogP contribution in [0.5, 0.6) is 0 Å². The molecule has 0 aliphatic rings. The standard InChI is InChI=1S/C18H15P.C3H3N.Pd/c1-4-10-16(11-5-1)19(17-12-6-2-7-13-17)18-14-8-3-9-15-18;1-2-3-4;/h1-15H;2H,1H2;. The van der Waals surface area contributed by atoms with E-state index in [0.717, 1.165) is 0 Å². The maximum absolute atomic E-state index is 7.51. The molecule has 3 aromatic carbocycles. The van der Waals surface area contributed by atoms with E-state index in [1.165, 1.54) is 22.0 Å². The molecule has 0 saturated heterocycles. The zero-order valence-electron chi connectivity index (χ0n) is 13.2. The van der Waals surface area contributed by atoms with Crippen LogP contribution in [0.4, 0.5) is 0 Å². The summed E-state index contributed by atoms with van der Waals surface area (Å²) < 4.78 is 0. The van der Waals surface area contributed by atoms with E-state index in [9.17, 15) is 0 Å². The van der Waals surface area contributed by atoms with Gasteiger partial charge in [0.05, 0.1) is 6.07 Å². The van der Waals surface area contributed by atoms with Crippen LogP contribution >= 0.6 is 7.92 Å². The number of benzene rings is 3. The number of hydrogen-bond acceptors (Lipinski definition) is 1. The fraction of sp³-hybridized carbons (Fsp3) is 0. The normalized spacial score (nSPS) is 9.00. The molecule has 0 unspecified atom stereocenters. The van der Waals surface area contributed by atoms with Gasteiger partial charge in [-0.2, -0.15) is 5.26 Å². The van der Waals surface area contributed by atoms with Crippen LogP contribution in [0.2, 0.25) is 0 Å². The number of hydrogen-bond donors (Lipinski definition) is 0. The Morgan fingerprint density at radius 1 is 0.667 bits per heavy atom. The van der Waals surface area contributed by atoms with Gasteiger partial charge in [0, 0.05) is 26.5 Å². The van der Waals surface area contributed by atoms with Gasteiger partial charge in [0.1, 0.15) is 0 Å². The Morgan fingerprint density at radius 3 is 1.12 bits per heavy atom. The predicted octanol–water partition coefficient (Wildman–Crippen LogP) is 4.14. The van der Waals surface area contributed by atoms with Crippen molar-refractivity contribution in [3.8, 4) is 6.07 Å². The van der Waals surface area contributed by atoms with Crippen LogP contribution in [-0.4, -0.2) is 0 Å². The number of rotatable bonds is 3. The smallest absolute Gasteiger partial charge is 0.0905 e. The molecule has 0 radical (unpaired) electrons. The molecule has 0 saturated carbocycles. The summed E-state index contributed by atoms with van der Waals surface area (Å²) in [5.41, 5.74) is 0. The molecule has 0 N–H and O–H groups in total. The molecule has 3 aromatic rings. The van der Waals surface area contributed by atoms with Gasteiger partial charge < -0.3 is 0 Å². The number of allylic oxidation sites excluding steroid dienone is 1. The topological polar surface area (TPSA) is 23.8 Å². The van der Waals surface area contributed by atoms with Crippen molar-refractivity contribution < 1.29 is 20.4 Å². The van der Waals surface area contributed by atoms with Crippen molar-refractivity contribution in [3.63, 3.8) is 0 Å². The molecule has 0 fully saturated rings. The van der Waals surface area contributed by atoms with Gasteiger partial charge in [-0.25, -0.2) is 0 Å². The van der Waals surface area contributed by atoms with E-state index in [4.69, 9.17) is 5.26 Å². The van der Waals surface area contributed by atoms with Crippen LogP contribution in [-0.2, 0) is 20.4 Å². The zero-order valence-corrected chi connectivity index (χ0v) is 15.6. The van der Waals surface area contributed by atoms with Crippen molar-refractivity contribution in [2.24, 2.45) is 0 Å². The Labute approximate surface area is 159 Å². The van der Waals surface area contributed by atoms with Gasteiger partial charge in [-0.3, -0.25) is 0 Å². The average molecular weight is 422 g/mol. The summed E-state index contributed by atoms with van der Waals surface area (Å²) in [5, 5.41) is 11.7. The molecule has 3 rings (SSSR count). The summed E-state index contributed by atoms with van der Waals surface area (Å²) in [7, 11) is -0.446. The Morgan fingerprint density at radius 2 is 0.917 bits per heavy atom. The summed E-state index contributed by atoms with van der Waals surface area (Å²) in [6.45, 7) is 3.12. The van der Waals surface area contributed by atoms with E-state index in [2.05, 4.69) is 97.6 Å². The first-order valence-corrected chi connectivity index (χ1v) is 8.67. The van der Waals surface area contributed by atoms with Crippen molar-refractivity contribution in [3.05, 3.63) is 104 Å². The van der Waals surface area contributed by atoms with Crippen LogP contribution in [0.25, 0.3) is 0 Å². The van der Waals surface area contributed by atoms with Gasteiger partial charge in [-0.15, -0.1) is 0 Å². The van der Waals surface area contributed by atoms with E-state index in [-0.39, 0.29) is 20.4 Å². The molecular formula is C21H18NPPd. The van der Waals surface area contributed by atoms with Gasteiger partial charge in [0.25, 0.3) is 0 Å². The summed E-state index contributed by atoms with van der Waals surface area (Å²) in [6.07, 6.45) is 1.18. The molecule has 1 nitrogen and oxygen atoms in total. The maximum atomic E-state index is 7.51. The summed E-state index contributed by atoms with van der Waals surface area (Å²) in [4.78, 5) is 0. The molecule has 0 atom stereocenters. The van der Waals surface area contributed by atoms with Gasteiger partial charge in [-0.05, 0) is 23.8 Å². The minimum atomic E-state index is -0.446. The predicted molar refractivity (Wildman–Crippen MR) is 101 cm³/mol. The van der Waals surface area contributed by atoms with Crippen molar-refractivity contribution in [2.75, 3.05) is 0 Å². The average Bonchev–Trinajstić information content (AvgIpc) is 2.65. The summed E-state index contributed by atoms with van der Waals surface area (Å²) in [6, 6.07) is 34.0. The van der Waals surface area contributed by atoms with Crippen LogP contribution in [0.1, 0.15) is 0 Å². The van der Waals surface area contributed by atoms with E-state index in [0.29, 0.717) is 0 Å². The second-order valence-corrected chi connectivity index (χ2v) is 6.90. The van der Waals surface area contributed by atoms with Crippen LogP contribution in [0, 0.1) is 11.3 Å². The van der Waals surface area contributed by atoms with E-state index in [1.54, 1.807) is 6.07 Å². The minimum absolute atomic E-state index is 0. The second-order valence-electron chi connectivity index (χ2n) is 4.68. The quantitative estimate of drug-likeness (QED) is 0.354. The third-order valence-corrected chi connectivity index (χ3v) is 5.58. The Balaban J connectivity index is 0.000000522. The molecule has 24 heavy (non-hydrogen) atoms. The Bertz CT molecular complexity index is 658. The molecule has 122 valence electrons. The fourth-order valence-corrected chi connectivity index (χ4v) is 4.48. The molecule has 3 heteroatoms. The van der Waals surface area contributed by atoms with Gasteiger partial charge in [-0.1, -0.05) is 97.6 Å². The molecule has 0 spiro atoms. The van der Waals surface area contributed by atoms with E-state index >= 15 is 0 Å². The van der Waals surface area contributed by atoms with Crippen LogP contribution in [0.15, 0.2) is 104 Å². The van der Waals surface area contributed by atoms with Crippen molar-refractivity contribution in [2.45, 2.75) is 0 Å². The molecule has 0 aliphatic heterocycles. The number of nitriles is 1. The molecule has 0 heterocycles. The first kappa shape index (κ1) is 20.0. The third-order valence-electron chi connectivity index (χ3n) is 3.13. The molecule has 0 bridgehead atoms. The first-order valence-electron chi connectivity index (χ1n) is 7.32. The molecular weight excluding hydrogens is 404 g/mol. The Hall–Kier alpha value is -2.02. The monoisotopic (exact) mass is 421 g/mol. The van der Waals surface area contributed by atoms with E-state index < -0.39 is 7.92 Å². The second kappa shape index (κ2) is 11.5. The van der Waals surface area contributed by atoms with Crippen molar-refractivity contribution >= 4 is 23.8 Å². The van der Waals surface area contributed by atoms with Crippen molar-refractivity contribution in [1.29, 1.82) is 5.26 Å².